The van der Waals surface area contributed by atoms with Crippen molar-refractivity contribution in [2.75, 3.05) is 12.4 Å². The van der Waals surface area contributed by atoms with Gasteiger partial charge in [0, 0.05) is 17.0 Å². The second-order valence-electron chi connectivity index (χ2n) is 6.52. The molecule has 1 rings (SSSR count). The molecule has 0 unspecified atom stereocenters. The molecule has 2 N–H and O–H groups in total. The summed E-state index contributed by atoms with van der Waals surface area (Å²) >= 11 is 1.29. The third-order valence-electron chi connectivity index (χ3n) is 4.50. The number of esters is 1. The molecular formula is C21H32N2O4S. The Hall–Kier alpha value is -2.02. The summed E-state index contributed by atoms with van der Waals surface area (Å²) in [5.41, 5.74) is 0.359. The second-order valence-corrected chi connectivity index (χ2v) is 7.54. The summed E-state index contributed by atoms with van der Waals surface area (Å²) in [4.78, 5) is 37.1. The fourth-order valence-electron chi connectivity index (χ4n) is 2.64. The maximum atomic E-state index is 12.4. The maximum Gasteiger partial charge on any atom is 0.339 e. The summed E-state index contributed by atoms with van der Waals surface area (Å²) in [6, 6.07) is 7.20. The largest absolute Gasteiger partial charge is 0.452 e. The average Bonchev–Trinajstić information content (AvgIpc) is 2.72. The third kappa shape index (κ3) is 8.33. The van der Waals surface area contributed by atoms with E-state index in [-0.39, 0.29) is 36.3 Å². The number of benzene rings is 1. The standard InChI is InChI=1S/C21H32N2O4S/c1-5-15(6-2)22-19(24)13-27-21(26)17-11-9-10-12-18(17)28-14-20(25)23-16(7-3)8-4/h9-12,15-16H,5-8,13-14H2,1-4H3,(H,22,24)(H,23,25). The molecule has 6 nitrogen and oxygen atoms in total. The molecular weight excluding hydrogens is 376 g/mol. The highest BCUT2D eigenvalue weighted by molar-refractivity contribution is 8.00. The summed E-state index contributed by atoms with van der Waals surface area (Å²) in [7, 11) is 0. The Balaban J connectivity index is 2.61. The number of ether oxygens (including phenoxy) is 1. The molecule has 1 aromatic carbocycles. The van der Waals surface area contributed by atoms with Crippen LogP contribution in [0.3, 0.4) is 0 Å². The quantitative estimate of drug-likeness (QED) is 0.408. The molecule has 0 fully saturated rings. The summed E-state index contributed by atoms with van der Waals surface area (Å²) < 4.78 is 5.16. The number of amides is 2. The van der Waals surface area contributed by atoms with Crippen molar-refractivity contribution < 1.29 is 19.1 Å². The molecule has 0 saturated carbocycles. The van der Waals surface area contributed by atoms with Crippen molar-refractivity contribution in [2.24, 2.45) is 0 Å². The zero-order valence-electron chi connectivity index (χ0n) is 17.2. The number of hydrogen-bond acceptors (Lipinski definition) is 5. The summed E-state index contributed by atoms with van der Waals surface area (Å²) in [6.07, 6.45) is 3.42. The van der Waals surface area contributed by atoms with Crippen LogP contribution in [0, 0.1) is 0 Å². The molecule has 28 heavy (non-hydrogen) atoms. The van der Waals surface area contributed by atoms with Crippen LogP contribution in [0.15, 0.2) is 29.2 Å². The fourth-order valence-corrected chi connectivity index (χ4v) is 3.49. The van der Waals surface area contributed by atoms with E-state index < -0.39 is 5.97 Å². The van der Waals surface area contributed by atoms with Crippen molar-refractivity contribution >= 4 is 29.5 Å². The highest BCUT2D eigenvalue weighted by Crippen LogP contribution is 2.23. The van der Waals surface area contributed by atoms with E-state index >= 15 is 0 Å². The minimum Gasteiger partial charge on any atom is -0.452 e. The van der Waals surface area contributed by atoms with E-state index in [2.05, 4.69) is 10.6 Å². The first-order valence-electron chi connectivity index (χ1n) is 9.92. The molecule has 1 aromatic rings. The molecule has 156 valence electrons. The highest BCUT2D eigenvalue weighted by Gasteiger charge is 2.17. The molecule has 7 heteroatoms. The van der Waals surface area contributed by atoms with Crippen LogP contribution >= 0.6 is 11.8 Å². The Morgan fingerprint density at radius 3 is 2.00 bits per heavy atom. The predicted octanol–water partition coefficient (Wildman–Crippen LogP) is 3.55. The van der Waals surface area contributed by atoms with E-state index in [4.69, 9.17) is 4.74 Å². The van der Waals surface area contributed by atoms with E-state index in [1.54, 1.807) is 24.3 Å². The molecule has 2 amide bonds. The normalized spacial score (nSPS) is 10.8. The van der Waals surface area contributed by atoms with Gasteiger partial charge in [-0.15, -0.1) is 11.8 Å². The van der Waals surface area contributed by atoms with Gasteiger partial charge in [0.2, 0.25) is 5.91 Å². The molecule has 0 saturated heterocycles. The SMILES string of the molecule is CCC(CC)NC(=O)COC(=O)c1ccccc1SCC(=O)NC(CC)CC. The number of carbonyl (C=O) groups excluding carboxylic acids is 3. The maximum absolute atomic E-state index is 12.4. The smallest absolute Gasteiger partial charge is 0.339 e. The number of thioether (sulfide) groups is 1. The minimum absolute atomic E-state index is 0.0635. The van der Waals surface area contributed by atoms with Gasteiger partial charge in [-0.3, -0.25) is 9.59 Å². The summed E-state index contributed by atoms with van der Waals surface area (Å²) in [6.45, 7) is 7.74. The molecule has 0 spiro atoms. The Bertz CT molecular complexity index is 643. The van der Waals surface area contributed by atoms with Crippen LogP contribution in [-0.2, 0) is 14.3 Å². The lowest BCUT2D eigenvalue weighted by Crippen LogP contribution is -2.36. The lowest BCUT2D eigenvalue weighted by molar-refractivity contribution is -0.125. The minimum atomic E-state index is -0.566. The van der Waals surface area contributed by atoms with Gasteiger partial charge in [0.15, 0.2) is 6.61 Å². The number of carbonyl (C=O) groups is 3. The molecule has 0 aromatic heterocycles. The van der Waals surface area contributed by atoms with Crippen molar-refractivity contribution in [2.45, 2.75) is 70.4 Å². The van der Waals surface area contributed by atoms with Gasteiger partial charge < -0.3 is 15.4 Å². The first-order chi connectivity index (χ1) is 13.4. The number of nitrogens with one attached hydrogen (secondary N) is 2. The van der Waals surface area contributed by atoms with Gasteiger partial charge in [0.25, 0.3) is 5.91 Å². The van der Waals surface area contributed by atoms with E-state index in [0.717, 1.165) is 25.7 Å². The van der Waals surface area contributed by atoms with Crippen molar-refractivity contribution in [1.29, 1.82) is 0 Å². The van der Waals surface area contributed by atoms with Crippen LogP contribution in [0.1, 0.15) is 63.7 Å². The van der Waals surface area contributed by atoms with Crippen LogP contribution in [0.5, 0.6) is 0 Å². The number of hydrogen-bond donors (Lipinski definition) is 2. The van der Waals surface area contributed by atoms with Gasteiger partial charge in [-0.05, 0) is 37.8 Å². The van der Waals surface area contributed by atoms with Gasteiger partial charge in [0.05, 0.1) is 11.3 Å². The molecule has 0 aliphatic carbocycles. The van der Waals surface area contributed by atoms with Crippen LogP contribution < -0.4 is 10.6 Å². The molecule has 0 radical (unpaired) electrons. The van der Waals surface area contributed by atoms with Crippen molar-refractivity contribution in [3.63, 3.8) is 0 Å². The van der Waals surface area contributed by atoms with Gasteiger partial charge in [-0.25, -0.2) is 4.79 Å². The molecule has 0 aliphatic heterocycles. The zero-order valence-corrected chi connectivity index (χ0v) is 18.1. The molecule has 0 aliphatic rings. The summed E-state index contributed by atoms with van der Waals surface area (Å²) in [5, 5.41) is 5.81. The number of rotatable bonds is 12. The van der Waals surface area contributed by atoms with Gasteiger partial charge in [-0.2, -0.15) is 0 Å². The molecule has 0 bridgehead atoms. The first-order valence-corrected chi connectivity index (χ1v) is 10.9. The van der Waals surface area contributed by atoms with Crippen LogP contribution in [0.4, 0.5) is 0 Å². The lowest BCUT2D eigenvalue weighted by Gasteiger charge is -2.15. The van der Waals surface area contributed by atoms with Crippen molar-refractivity contribution in [3.05, 3.63) is 29.8 Å². The lowest BCUT2D eigenvalue weighted by atomic mass is 10.2. The highest BCUT2D eigenvalue weighted by atomic mass is 32.2. The fraction of sp³-hybridized carbons (Fsp3) is 0.571. The average molecular weight is 409 g/mol. The van der Waals surface area contributed by atoms with E-state index in [1.165, 1.54) is 11.8 Å². The van der Waals surface area contributed by atoms with Gasteiger partial charge >= 0.3 is 5.97 Å². The first kappa shape index (κ1) is 24.0. The van der Waals surface area contributed by atoms with E-state index in [0.29, 0.717) is 10.5 Å². The van der Waals surface area contributed by atoms with Gasteiger partial charge in [0.1, 0.15) is 0 Å². The zero-order chi connectivity index (χ0) is 20.9. The Labute approximate surface area is 172 Å². The monoisotopic (exact) mass is 408 g/mol. The second kappa shape index (κ2) is 13.2. The van der Waals surface area contributed by atoms with E-state index in [1.807, 2.05) is 27.7 Å². The van der Waals surface area contributed by atoms with Crippen molar-refractivity contribution in [1.82, 2.24) is 10.6 Å². The van der Waals surface area contributed by atoms with Crippen LogP contribution in [0.25, 0.3) is 0 Å². The van der Waals surface area contributed by atoms with Crippen LogP contribution in [0.2, 0.25) is 0 Å². The van der Waals surface area contributed by atoms with Crippen molar-refractivity contribution in [3.8, 4) is 0 Å². The Kier molecular flexibility index (Phi) is 11.3. The molecule has 0 atom stereocenters. The van der Waals surface area contributed by atoms with Crippen LogP contribution in [-0.4, -0.2) is 42.2 Å². The molecule has 0 heterocycles. The third-order valence-corrected chi connectivity index (χ3v) is 5.58. The Morgan fingerprint density at radius 1 is 0.893 bits per heavy atom. The Morgan fingerprint density at radius 2 is 1.43 bits per heavy atom. The topological polar surface area (TPSA) is 84.5 Å². The predicted molar refractivity (Wildman–Crippen MR) is 112 cm³/mol. The summed E-state index contributed by atoms with van der Waals surface area (Å²) in [5.74, 6) is -0.720. The van der Waals surface area contributed by atoms with Gasteiger partial charge in [-0.1, -0.05) is 39.8 Å². The van der Waals surface area contributed by atoms with E-state index in [9.17, 15) is 14.4 Å².